The first-order valence-corrected chi connectivity index (χ1v) is 5.77. The van der Waals surface area contributed by atoms with Crippen LogP contribution in [0.1, 0.15) is 11.5 Å². The van der Waals surface area contributed by atoms with Crippen LogP contribution >= 0.6 is 12.4 Å². The standard InChI is InChI=1S/C13H17NO3.ClH/c1-16-13(15)12(10-5-3-2-4-6-10)11-9-17-8-7-14-11;/h2-6,11-12,14H,7-9H2,1H3;1H. The minimum Gasteiger partial charge on any atom is -0.469 e. The highest BCUT2D eigenvalue weighted by Crippen LogP contribution is 2.22. The topological polar surface area (TPSA) is 47.6 Å². The molecule has 0 aromatic heterocycles. The summed E-state index contributed by atoms with van der Waals surface area (Å²) in [4.78, 5) is 11.9. The van der Waals surface area contributed by atoms with Crippen molar-refractivity contribution in [2.24, 2.45) is 0 Å². The number of halogens is 1. The third kappa shape index (κ3) is 3.45. The van der Waals surface area contributed by atoms with Crippen LogP contribution in [0.2, 0.25) is 0 Å². The molecule has 0 bridgehead atoms. The summed E-state index contributed by atoms with van der Waals surface area (Å²) in [7, 11) is 1.42. The van der Waals surface area contributed by atoms with Crippen LogP contribution in [0.3, 0.4) is 0 Å². The maximum absolute atomic E-state index is 11.9. The summed E-state index contributed by atoms with van der Waals surface area (Å²) in [6.07, 6.45) is 0. The van der Waals surface area contributed by atoms with E-state index in [4.69, 9.17) is 9.47 Å². The third-order valence-electron chi connectivity index (χ3n) is 2.97. The Morgan fingerprint density at radius 3 is 2.72 bits per heavy atom. The highest BCUT2D eigenvalue weighted by atomic mass is 35.5. The van der Waals surface area contributed by atoms with Crippen LogP contribution in [0.25, 0.3) is 0 Å². The fraction of sp³-hybridized carbons (Fsp3) is 0.462. The maximum atomic E-state index is 11.9. The van der Waals surface area contributed by atoms with Crippen molar-refractivity contribution in [1.29, 1.82) is 0 Å². The van der Waals surface area contributed by atoms with Crippen molar-refractivity contribution in [3.63, 3.8) is 0 Å². The number of benzene rings is 1. The molecule has 1 aliphatic rings. The van der Waals surface area contributed by atoms with Gasteiger partial charge in [-0.05, 0) is 5.56 Å². The fourth-order valence-corrected chi connectivity index (χ4v) is 2.12. The molecule has 1 N–H and O–H groups in total. The van der Waals surface area contributed by atoms with Gasteiger partial charge in [0.05, 0.1) is 26.2 Å². The Balaban J connectivity index is 0.00000162. The lowest BCUT2D eigenvalue weighted by molar-refractivity contribution is -0.144. The molecular weight excluding hydrogens is 254 g/mol. The van der Waals surface area contributed by atoms with Crippen molar-refractivity contribution in [2.75, 3.05) is 26.9 Å². The van der Waals surface area contributed by atoms with Crippen molar-refractivity contribution < 1.29 is 14.3 Å². The van der Waals surface area contributed by atoms with Crippen LogP contribution in [0.4, 0.5) is 0 Å². The van der Waals surface area contributed by atoms with Gasteiger partial charge >= 0.3 is 5.97 Å². The monoisotopic (exact) mass is 271 g/mol. The number of nitrogens with one attached hydrogen (secondary N) is 1. The lowest BCUT2D eigenvalue weighted by Crippen LogP contribution is -2.47. The first-order valence-electron chi connectivity index (χ1n) is 5.77. The van der Waals surface area contributed by atoms with E-state index in [1.165, 1.54) is 7.11 Å². The van der Waals surface area contributed by atoms with Gasteiger partial charge in [-0.2, -0.15) is 0 Å². The van der Waals surface area contributed by atoms with Gasteiger partial charge < -0.3 is 14.8 Å². The predicted octanol–water partition coefficient (Wildman–Crippen LogP) is 1.35. The minimum absolute atomic E-state index is 0. The lowest BCUT2D eigenvalue weighted by Gasteiger charge is -2.29. The third-order valence-corrected chi connectivity index (χ3v) is 2.97. The number of hydrogen-bond acceptors (Lipinski definition) is 4. The normalized spacial score (nSPS) is 20.6. The van der Waals surface area contributed by atoms with E-state index < -0.39 is 0 Å². The number of morpholine rings is 1. The van der Waals surface area contributed by atoms with Gasteiger partial charge in [-0.25, -0.2) is 0 Å². The largest absolute Gasteiger partial charge is 0.469 e. The molecule has 4 nitrogen and oxygen atoms in total. The van der Waals surface area contributed by atoms with Crippen molar-refractivity contribution in [2.45, 2.75) is 12.0 Å². The van der Waals surface area contributed by atoms with Crippen LogP contribution in [-0.4, -0.2) is 38.9 Å². The molecular formula is C13H18ClNO3. The number of methoxy groups -OCH3 is 1. The Bertz CT molecular complexity index is 366. The van der Waals surface area contributed by atoms with Crippen LogP contribution in [-0.2, 0) is 14.3 Å². The number of hydrogen-bond donors (Lipinski definition) is 1. The summed E-state index contributed by atoms with van der Waals surface area (Å²) in [5.74, 6) is -0.527. The Morgan fingerprint density at radius 1 is 1.44 bits per heavy atom. The number of rotatable bonds is 3. The molecule has 2 rings (SSSR count). The Hall–Kier alpha value is -1.10. The molecule has 18 heavy (non-hydrogen) atoms. The molecule has 100 valence electrons. The smallest absolute Gasteiger partial charge is 0.314 e. The Labute approximate surface area is 113 Å². The zero-order valence-corrected chi connectivity index (χ0v) is 11.1. The molecule has 1 heterocycles. The molecule has 1 aromatic rings. The van der Waals surface area contributed by atoms with E-state index in [2.05, 4.69) is 5.32 Å². The molecule has 2 unspecified atom stereocenters. The molecule has 0 aliphatic carbocycles. The summed E-state index contributed by atoms with van der Waals surface area (Å²) in [6, 6.07) is 9.65. The first kappa shape index (κ1) is 15.0. The number of carbonyl (C=O) groups excluding carboxylic acids is 1. The van der Waals surface area contributed by atoms with Crippen LogP contribution in [0.5, 0.6) is 0 Å². The van der Waals surface area contributed by atoms with E-state index >= 15 is 0 Å². The minimum atomic E-state index is -0.304. The van der Waals surface area contributed by atoms with Gasteiger partial charge in [-0.1, -0.05) is 30.3 Å². The van der Waals surface area contributed by atoms with Gasteiger partial charge in [-0.15, -0.1) is 12.4 Å². The van der Waals surface area contributed by atoms with E-state index in [0.717, 1.165) is 12.1 Å². The second-order valence-electron chi connectivity index (χ2n) is 4.05. The summed E-state index contributed by atoms with van der Waals surface area (Å²) in [5, 5.41) is 3.31. The quantitative estimate of drug-likeness (QED) is 0.843. The molecule has 5 heteroatoms. The van der Waals surface area contributed by atoms with E-state index in [0.29, 0.717) is 13.2 Å². The predicted molar refractivity (Wildman–Crippen MR) is 71.1 cm³/mol. The maximum Gasteiger partial charge on any atom is 0.314 e. The molecule has 1 aliphatic heterocycles. The molecule has 0 radical (unpaired) electrons. The summed E-state index contributed by atoms with van der Waals surface area (Å²) < 4.78 is 10.3. The molecule has 0 amide bonds. The van der Waals surface area contributed by atoms with Crippen LogP contribution in [0.15, 0.2) is 30.3 Å². The van der Waals surface area contributed by atoms with E-state index in [9.17, 15) is 4.79 Å². The average Bonchev–Trinajstić information content (AvgIpc) is 2.41. The molecule has 0 saturated carbocycles. The molecule has 1 saturated heterocycles. The summed E-state index contributed by atoms with van der Waals surface area (Å²) >= 11 is 0. The molecule has 1 fully saturated rings. The number of esters is 1. The summed E-state index contributed by atoms with van der Waals surface area (Å²) in [5.41, 5.74) is 0.961. The lowest BCUT2D eigenvalue weighted by atomic mass is 9.91. The van der Waals surface area contributed by atoms with Gasteiger partial charge in [0, 0.05) is 12.6 Å². The SMILES string of the molecule is COC(=O)C(c1ccccc1)C1COCCN1.Cl. The first-order chi connectivity index (χ1) is 8.33. The average molecular weight is 272 g/mol. The van der Waals surface area contributed by atoms with Crippen molar-refractivity contribution in [3.05, 3.63) is 35.9 Å². The van der Waals surface area contributed by atoms with Crippen LogP contribution < -0.4 is 5.32 Å². The second-order valence-corrected chi connectivity index (χ2v) is 4.05. The highest BCUT2D eigenvalue weighted by Gasteiger charge is 2.31. The number of ether oxygens (including phenoxy) is 2. The Kier molecular flexibility index (Phi) is 6.12. The van der Waals surface area contributed by atoms with Gasteiger partial charge in [0.2, 0.25) is 0 Å². The zero-order valence-electron chi connectivity index (χ0n) is 10.3. The number of carbonyl (C=O) groups is 1. The highest BCUT2D eigenvalue weighted by molar-refractivity contribution is 5.85. The van der Waals surface area contributed by atoms with E-state index in [1.807, 2.05) is 30.3 Å². The van der Waals surface area contributed by atoms with Crippen LogP contribution in [0, 0.1) is 0 Å². The van der Waals surface area contributed by atoms with E-state index in [1.54, 1.807) is 0 Å². The Morgan fingerprint density at radius 2 is 2.17 bits per heavy atom. The summed E-state index contributed by atoms with van der Waals surface area (Å²) in [6.45, 7) is 2.00. The van der Waals surface area contributed by atoms with Gasteiger partial charge in [-0.3, -0.25) is 4.79 Å². The second kappa shape index (κ2) is 7.36. The van der Waals surface area contributed by atoms with Crippen molar-refractivity contribution in [1.82, 2.24) is 5.32 Å². The van der Waals surface area contributed by atoms with Gasteiger partial charge in [0.1, 0.15) is 0 Å². The van der Waals surface area contributed by atoms with Crippen molar-refractivity contribution >= 4 is 18.4 Å². The fourth-order valence-electron chi connectivity index (χ4n) is 2.12. The van der Waals surface area contributed by atoms with E-state index in [-0.39, 0.29) is 30.3 Å². The molecule has 1 aromatic carbocycles. The van der Waals surface area contributed by atoms with Crippen molar-refractivity contribution in [3.8, 4) is 0 Å². The molecule has 0 spiro atoms. The molecule has 2 atom stereocenters. The van der Waals surface area contributed by atoms with Gasteiger partial charge in [0.25, 0.3) is 0 Å². The van der Waals surface area contributed by atoms with Gasteiger partial charge in [0.15, 0.2) is 0 Å². The zero-order chi connectivity index (χ0) is 12.1.